The monoisotopic (exact) mass is 425 g/mol. The van der Waals surface area contributed by atoms with Gasteiger partial charge in [0.25, 0.3) is 0 Å². The van der Waals surface area contributed by atoms with Crippen LogP contribution in [0.1, 0.15) is 52.1 Å². The van der Waals surface area contributed by atoms with Gasteiger partial charge in [0.1, 0.15) is 5.60 Å². The minimum atomic E-state index is -3.75. The zero-order valence-electron chi connectivity index (χ0n) is 17.7. The lowest BCUT2D eigenvalue weighted by Crippen LogP contribution is -2.45. The van der Waals surface area contributed by atoms with E-state index in [0.717, 1.165) is 5.56 Å². The zero-order chi connectivity index (χ0) is 22.0. The maximum atomic E-state index is 12.9. The first-order valence-corrected chi connectivity index (χ1v) is 11.2. The SMILES string of the molecule is CC(c1ccc(S(N)(=O)=O)cc1)N(C)C(=O)C1CCN(C(=O)OC(C)(C)C)CC1. The van der Waals surface area contributed by atoms with E-state index in [9.17, 15) is 18.0 Å². The van der Waals surface area contributed by atoms with Gasteiger partial charge in [0.2, 0.25) is 15.9 Å². The maximum Gasteiger partial charge on any atom is 0.410 e. The molecule has 29 heavy (non-hydrogen) atoms. The van der Waals surface area contributed by atoms with E-state index in [1.165, 1.54) is 12.1 Å². The summed E-state index contributed by atoms with van der Waals surface area (Å²) in [5, 5.41) is 5.13. The minimum absolute atomic E-state index is 0.0110. The summed E-state index contributed by atoms with van der Waals surface area (Å²) in [4.78, 5) is 28.4. The number of likely N-dealkylation sites (tertiary alicyclic amines) is 1. The van der Waals surface area contributed by atoms with Crippen LogP contribution in [-0.2, 0) is 19.6 Å². The van der Waals surface area contributed by atoms with Crippen molar-refractivity contribution in [1.29, 1.82) is 0 Å². The first-order valence-electron chi connectivity index (χ1n) is 9.67. The second kappa shape index (κ2) is 8.71. The summed E-state index contributed by atoms with van der Waals surface area (Å²) in [6.45, 7) is 8.33. The van der Waals surface area contributed by atoms with Crippen molar-refractivity contribution < 1.29 is 22.7 Å². The number of amides is 2. The van der Waals surface area contributed by atoms with Crippen molar-refractivity contribution in [2.45, 2.75) is 57.1 Å². The van der Waals surface area contributed by atoms with Crippen LogP contribution in [0.15, 0.2) is 29.2 Å². The Morgan fingerprint density at radius 1 is 1.17 bits per heavy atom. The number of carbonyl (C=O) groups excluding carboxylic acids is 2. The predicted octanol–water partition coefficient (Wildman–Crippen LogP) is 2.50. The molecule has 8 nitrogen and oxygen atoms in total. The van der Waals surface area contributed by atoms with E-state index >= 15 is 0 Å². The molecule has 1 atom stereocenters. The first kappa shape index (κ1) is 23.2. The standard InChI is InChI=1S/C20H31N3O5S/c1-14(15-6-8-17(9-7-15)29(21,26)27)22(5)18(24)16-10-12-23(13-11-16)19(25)28-20(2,3)4/h6-9,14,16H,10-13H2,1-5H3,(H2,21,26,27). The Kier molecular flexibility index (Phi) is 6.95. The largest absolute Gasteiger partial charge is 0.444 e. The average molecular weight is 426 g/mol. The normalized spacial score (nSPS) is 17.0. The van der Waals surface area contributed by atoms with Crippen molar-refractivity contribution in [2.75, 3.05) is 20.1 Å². The molecule has 1 saturated heterocycles. The number of benzene rings is 1. The lowest BCUT2D eigenvalue weighted by Gasteiger charge is -2.35. The molecule has 0 aliphatic carbocycles. The lowest BCUT2D eigenvalue weighted by atomic mass is 9.94. The Bertz CT molecular complexity index is 838. The van der Waals surface area contributed by atoms with E-state index in [1.807, 2.05) is 27.7 Å². The number of sulfonamides is 1. The third kappa shape index (κ3) is 6.17. The fraction of sp³-hybridized carbons (Fsp3) is 0.600. The van der Waals surface area contributed by atoms with Gasteiger partial charge in [0, 0.05) is 26.1 Å². The molecule has 0 bridgehead atoms. The molecular formula is C20H31N3O5S. The summed E-state index contributed by atoms with van der Waals surface area (Å²) in [5.41, 5.74) is 0.275. The fourth-order valence-electron chi connectivity index (χ4n) is 3.27. The molecular weight excluding hydrogens is 394 g/mol. The second-order valence-corrected chi connectivity index (χ2v) is 10.0. The summed E-state index contributed by atoms with van der Waals surface area (Å²) >= 11 is 0. The number of carbonyl (C=O) groups is 2. The Labute approximate surface area is 173 Å². The highest BCUT2D eigenvalue weighted by atomic mass is 32.2. The summed E-state index contributed by atoms with van der Waals surface area (Å²) in [6.07, 6.45) is 0.818. The van der Waals surface area contributed by atoms with Gasteiger partial charge < -0.3 is 14.5 Å². The number of hydrogen-bond donors (Lipinski definition) is 1. The van der Waals surface area contributed by atoms with Crippen LogP contribution in [0, 0.1) is 5.92 Å². The molecule has 0 spiro atoms. The van der Waals surface area contributed by atoms with Gasteiger partial charge in [-0.3, -0.25) is 4.79 Å². The van der Waals surface area contributed by atoms with Gasteiger partial charge in [-0.2, -0.15) is 0 Å². The van der Waals surface area contributed by atoms with Crippen LogP contribution in [-0.4, -0.2) is 56.0 Å². The summed E-state index contributed by atoms with van der Waals surface area (Å²) in [5.74, 6) is -0.151. The van der Waals surface area contributed by atoms with Crippen LogP contribution in [0.5, 0.6) is 0 Å². The summed E-state index contributed by atoms with van der Waals surface area (Å²) in [6, 6.07) is 6.00. The number of nitrogens with two attached hydrogens (primary N) is 1. The van der Waals surface area contributed by atoms with Crippen molar-refractivity contribution in [2.24, 2.45) is 11.1 Å². The van der Waals surface area contributed by atoms with Crippen molar-refractivity contribution in [1.82, 2.24) is 9.80 Å². The molecule has 1 aliphatic heterocycles. The molecule has 0 saturated carbocycles. The van der Waals surface area contributed by atoms with Gasteiger partial charge in [-0.05, 0) is 58.2 Å². The third-order valence-corrected chi connectivity index (χ3v) is 6.04. The Morgan fingerprint density at radius 3 is 2.14 bits per heavy atom. The molecule has 1 aromatic rings. The predicted molar refractivity (Wildman–Crippen MR) is 110 cm³/mol. The zero-order valence-corrected chi connectivity index (χ0v) is 18.5. The van der Waals surface area contributed by atoms with Crippen LogP contribution in [0.2, 0.25) is 0 Å². The van der Waals surface area contributed by atoms with Crippen LogP contribution in [0.3, 0.4) is 0 Å². The van der Waals surface area contributed by atoms with E-state index in [-0.39, 0.29) is 28.9 Å². The topological polar surface area (TPSA) is 110 Å². The van der Waals surface area contributed by atoms with Crippen LogP contribution in [0.4, 0.5) is 4.79 Å². The highest BCUT2D eigenvalue weighted by Crippen LogP contribution is 2.26. The van der Waals surface area contributed by atoms with Gasteiger partial charge in [-0.1, -0.05) is 12.1 Å². The van der Waals surface area contributed by atoms with Crippen LogP contribution in [0.25, 0.3) is 0 Å². The molecule has 162 valence electrons. The minimum Gasteiger partial charge on any atom is -0.444 e. The molecule has 1 fully saturated rings. The maximum absolute atomic E-state index is 12.9. The van der Waals surface area contributed by atoms with Crippen LogP contribution < -0.4 is 5.14 Å². The van der Waals surface area contributed by atoms with E-state index < -0.39 is 15.6 Å². The number of hydrogen-bond acceptors (Lipinski definition) is 5. The number of nitrogens with zero attached hydrogens (tertiary/aromatic N) is 2. The Hall–Kier alpha value is -2.13. The molecule has 0 aromatic heterocycles. The van der Waals surface area contributed by atoms with E-state index in [4.69, 9.17) is 9.88 Å². The van der Waals surface area contributed by atoms with Gasteiger partial charge in [-0.15, -0.1) is 0 Å². The molecule has 1 heterocycles. The van der Waals surface area contributed by atoms with Crippen molar-refractivity contribution in [3.63, 3.8) is 0 Å². The fourth-order valence-corrected chi connectivity index (χ4v) is 3.79. The number of rotatable bonds is 4. The van der Waals surface area contributed by atoms with Crippen molar-refractivity contribution >= 4 is 22.0 Å². The quantitative estimate of drug-likeness (QED) is 0.797. The van der Waals surface area contributed by atoms with Gasteiger partial charge in [0.05, 0.1) is 10.9 Å². The Balaban J connectivity index is 1.96. The Morgan fingerprint density at radius 2 is 1.69 bits per heavy atom. The summed E-state index contributed by atoms with van der Waals surface area (Å²) < 4.78 is 28.2. The lowest BCUT2D eigenvalue weighted by molar-refractivity contribution is -0.137. The molecule has 2 N–H and O–H groups in total. The number of piperidine rings is 1. The molecule has 9 heteroatoms. The van der Waals surface area contributed by atoms with Crippen LogP contribution >= 0.6 is 0 Å². The highest BCUT2D eigenvalue weighted by Gasteiger charge is 2.32. The highest BCUT2D eigenvalue weighted by molar-refractivity contribution is 7.89. The molecule has 2 amide bonds. The number of primary sulfonamides is 1. The molecule has 0 radical (unpaired) electrons. The van der Waals surface area contributed by atoms with Crippen molar-refractivity contribution in [3.05, 3.63) is 29.8 Å². The first-order chi connectivity index (χ1) is 13.3. The van der Waals surface area contributed by atoms with Crippen molar-refractivity contribution in [3.8, 4) is 0 Å². The number of ether oxygens (including phenoxy) is 1. The van der Waals surface area contributed by atoms with Gasteiger partial charge in [0.15, 0.2) is 0 Å². The van der Waals surface area contributed by atoms with Gasteiger partial charge in [-0.25, -0.2) is 18.4 Å². The third-order valence-electron chi connectivity index (χ3n) is 5.12. The van der Waals surface area contributed by atoms with E-state index in [2.05, 4.69) is 0 Å². The smallest absolute Gasteiger partial charge is 0.410 e. The van der Waals surface area contributed by atoms with E-state index in [0.29, 0.717) is 25.9 Å². The average Bonchev–Trinajstić information content (AvgIpc) is 2.64. The summed E-state index contributed by atoms with van der Waals surface area (Å²) in [7, 11) is -2.01. The molecule has 1 aromatic carbocycles. The second-order valence-electron chi connectivity index (χ2n) is 8.48. The molecule has 1 aliphatic rings. The molecule has 1 unspecified atom stereocenters. The van der Waals surface area contributed by atoms with Gasteiger partial charge >= 0.3 is 6.09 Å². The van der Waals surface area contributed by atoms with E-state index in [1.54, 1.807) is 29.0 Å². The molecule has 2 rings (SSSR count).